The highest BCUT2D eigenvalue weighted by Gasteiger charge is 2.17. The molecule has 0 bridgehead atoms. The van der Waals surface area contributed by atoms with Crippen LogP contribution in [0.1, 0.15) is 33.6 Å². The van der Waals surface area contributed by atoms with Crippen LogP contribution in [0.3, 0.4) is 0 Å². The Morgan fingerprint density at radius 3 is 2.58 bits per heavy atom. The van der Waals surface area contributed by atoms with Crippen LogP contribution in [0.5, 0.6) is 0 Å². The van der Waals surface area contributed by atoms with Crippen molar-refractivity contribution in [3.05, 3.63) is 0 Å². The average Bonchev–Trinajstić information content (AvgIpc) is 2.77. The number of hydrogen-bond acceptors (Lipinski definition) is 5. The van der Waals surface area contributed by atoms with E-state index in [4.69, 9.17) is 5.11 Å². The van der Waals surface area contributed by atoms with Gasteiger partial charge in [0.15, 0.2) is 5.16 Å². The molecular weight excluding hydrogens is 264 g/mol. The predicted molar refractivity (Wildman–Crippen MR) is 76.9 cm³/mol. The normalized spacial score (nSPS) is 10.7. The fourth-order valence-corrected chi connectivity index (χ4v) is 2.52. The van der Waals surface area contributed by atoms with Gasteiger partial charge in [-0.1, -0.05) is 25.6 Å². The first-order valence-electron chi connectivity index (χ1n) is 6.66. The smallest absolute Gasteiger partial charge is 0.313 e. The van der Waals surface area contributed by atoms with Crippen molar-refractivity contribution in [1.29, 1.82) is 0 Å². The summed E-state index contributed by atoms with van der Waals surface area (Å²) in [5, 5.41) is 17.8. The first-order valence-corrected chi connectivity index (χ1v) is 7.65. The average molecular weight is 286 g/mol. The summed E-state index contributed by atoms with van der Waals surface area (Å²) in [7, 11) is 0. The Kier molecular flexibility index (Phi) is 6.69. The summed E-state index contributed by atoms with van der Waals surface area (Å²) in [6, 6.07) is 0. The van der Waals surface area contributed by atoms with Gasteiger partial charge in [-0.05, 0) is 19.8 Å². The van der Waals surface area contributed by atoms with E-state index >= 15 is 0 Å². The fraction of sp³-hybridized carbons (Fsp3) is 0.750. The Morgan fingerprint density at radius 2 is 2.05 bits per heavy atom. The molecule has 1 rings (SSSR count). The number of aliphatic carboxylic acids is 1. The molecule has 0 aliphatic rings. The van der Waals surface area contributed by atoms with E-state index in [9.17, 15) is 4.79 Å². The molecule has 1 N–H and O–H groups in total. The van der Waals surface area contributed by atoms with Crippen molar-refractivity contribution in [2.75, 3.05) is 23.7 Å². The molecule has 1 aromatic rings. The molecule has 0 atom stereocenters. The van der Waals surface area contributed by atoms with Crippen LogP contribution in [-0.2, 0) is 11.3 Å². The molecule has 0 fully saturated rings. The minimum atomic E-state index is -0.835. The van der Waals surface area contributed by atoms with E-state index in [0.717, 1.165) is 38.4 Å². The van der Waals surface area contributed by atoms with Crippen molar-refractivity contribution in [1.82, 2.24) is 14.8 Å². The van der Waals surface area contributed by atoms with E-state index in [-0.39, 0.29) is 5.75 Å². The number of carboxylic acids is 1. The third-order valence-electron chi connectivity index (χ3n) is 2.63. The molecule has 1 aromatic heterocycles. The van der Waals surface area contributed by atoms with Crippen molar-refractivity contribution in [3.63, 3.8) is 0 Å². The topological polar surface area (TPSA) is 71.2 Å². The molecule has 0 spiro atoms. The number of nitrogens with zero attached hydrogens (tertiary/aromatic N) is 4. The Hall–Kier alpha value is -1.24. The van der Waals surface area contributed by atoms with E-state index in [2.05, 4.69) is 35.9 Å². The van der Waals surface area contributed by atoms with Gasteiger partial charge < -0.3 is 10.0 Å². The molecule has 0 radical (unpaired) electrons. The lowest BCUT2D eigenvalue weighted by Gasteiger charge is -2.21. The maximum Gasteiger partial charge on any atom is 0.313 e. The molecule has 0 unspecified atom stereocenters. The fourth-order valence-electron chi connectivity index (χ4n) is 1.84. The molecule has 0 saturated carbocycles. The zero-order chi connectivity index (χ0) is 14.3. The van der Waals surface area contributed by atoms with Crippen LogP contribution >= 0.6 is 11.8 Å². The Morgan fingerprint density at radius 1 is 1.32 bits per heavy atom. The minimum Gasteiger partial charge on any atom is -0.481 e. The van der Waals surface area contributed by atoms with E-state index in [1.807, 2.05) is 4.57 Å². The summed E-state index contributed by atoms with van der Waals surface area (Å²) in [4.78, 5) is 12.8. The zero-order valence-electron chi connectivity index (χ0n) is 11.8. The van der Waals surface area contributed by atoms with E-state index < -0.39 is 5.97 Å². The van der Waals surface area contributed by atoms with Crippen LogP contribution in [0.25, 0.3) is 0 Å². The van der Waals surface area contributed by atoms with Crippen molar-refractivity contribution in [3.8, 4) is 0 Å². The highest BCUT2D eigenvalue weighted by atomic mass is 32.2. The molecule has 0 aromatic carbocycles. The number of hydrogen-bond donors (Lipinski definition) is 1. The van der Waals surface area contributed by atoms with Crippen LogP contribution < -0.4 is 4.90 Å². The number of thioether (sulfide) groups is 1. The second-order valence-corrected chi connectivity index (χ2v) is 5.14. The molecule has 108 valence electrons. The summed E-state index contributed by atoms with van der Waals surface area (Å²) >= 11 is 1.23. The van der Waals surface area contributed by atoms with Crippen LogP contribution in [0, 0.1) is 0 Å². The van der Waals surface area contributed by atoms with Gasteiger partial charge in [-0.25, -0.2) is 0 Å². The standard InChI is InChI=1S/C12H22N4O2S/c1-4-7-15(6-3)11-13-14-12(16(11)8-5-2)19-9-10(17)18/h4-9H2,1-3H3,(H,17,18). The van der Waals surface area contributed by atoms with Crippen LogP contribution in [-0.4, -0.2) is 44.7 Å². The van der Waals surface area contributed by atoms with Gasteiger partial charge >= 0.3 is 5.97 Å². The second kappa shape index (κ2) is 8.04. The minimum absolute atomic E-state index is 0.0156. The lowest BCUT2D eigenvalue weighted by atomic mass is 10.4. The van der Waals surface area contributed by atoms with Crippen molar-refractivity contribution in [2.45, 2.75) is 45.3 Å². The van der Waals surface area contributed by atoms with E-state index in [1.54, 1.807) is 0 Å². The van der Waals surface area contributed by atoms with Crippen LogP contribution in [0.2, 0.25) is 0 Å². The lowest BCUT2D eigenvalue weighted by Crippen LogP contribution is -2.27. The van der Waals surface area contributed by atoms with Crippen molar-refractivity contribution >= 4 is 23.7 Å². The molecule has 0 aliphatic carbocycles. The zero-order valence-corrected chi connectivity index (χ0v) is 12.6. The van der Waals surface area contributed by atoms with Crippen LogP contribution in [0.15, 0.2) is 5.16 Å². The van der Waals surface area contributed by atoms with Gasteiger partial charge in [0.25, 0.3) is 0 Å². The van der Waals surface area contributed by atoms with Gasteiger partial charge in [0.05, 0.1) is 5.75 Å². The molecule has 7 heteroatoms. The first kappa shape index (κ1) is 15.8. The Labute approximate surface area is 118 Å². The first-order chi connectivity index (χ1) is 9.13. The summed E-state index contributed by atoms with van der Waals surface area (Å²) in [5.41, 5.74) is 0. The second-order valence-electron chi connectivity index (χ2n) is 4.20. The Balaban J connectivity index is 2.93. The van der Waals surface area contributed by atoms with Crippen molar-refractivity contribution < 1.29 is 9.90 Å². The number of carboxylic acid groups (broad SMARTS) is 1. The number of rotatable bonds is 9. The maximum atomic E-state index is 10.7. The molecule has 1 heterocycles. The summed E-state index contributed by atoms with van der Waals surface area (Å²) in [6.45, 7) is 8.92. The summed E-state index contributed by atoms with van der Waals surface area (Å²) in [5.74, 6) is 0.0273. The molecule has 19 heavy (non-hydrogen) atoms. The third kappa shape index (κ3) is 4.41. The molecule has 0 aliphatic heterocycles. The SMILES string of the molecule is CCCN(CC)c1nnc(SCC(=O)O)n1CCC. The van der Waals surface area contributed by atoms with E-state index in [1.165, 1.54) is 11.8 Å². The largest absolute Gasteiger partial charge is 0.481 e. The molecule has 6 nitrogen and oxygen atoms in total. The van der Waals surface area contributed by atoms with Gasteiger partial charge in [0, 0.05) is 19.6 Å². The number of carbonyl (C=O) groups is 1. The summed E-state index contributed by atoms with van der Waals surface area (Å²) < 4.78 is 2.02. The monoisotopic (exact) mass is 286 g/mol. The quantitative estimate of drug-likeness (QED) is 0.701. The third-order valence-corrected chi connectivity index (χ3v) is 3.58. The summed E-state index contributed by atoms with van der Waals surface area (Å²) in [6.07, 6.45) is 2.01. The number of anilines is 1. The predicted octanol–water partition coefficient (Wildman–Crippen LogP) is 2.10. The highest BCUT2D eigenvalue weighted by Crippen LogP contribution is 2.22. The lowest BCUT2D eigenvalue weighted by molar-refractivity contribution is -0.133. The maximum absolute atomic E-state index is 10.7. The Bertz CT molecular complexity index is 408. The molecular formula is C12H22N4O2S. The number of aromatic nitrogens is 3. The highest BCUT2D eigenvalue weighted by molar-refractivity contribution is 7.99. The van der Waals surface area contributed by atoms with Gasteiger partial charge in [-0.2, -0.15) is 0 Å². The van der Waals surface area contributed by atoms with Gasteiger partial charge in [-0.3, -0.25) is 9.36 Å². The van der Waals surface area contributed by atoms with Gasteiger partial charge in [-0.15, -0.1) is 10.2 Å². The van der Waals surface area contributed by atoms with E-state index in [0.29, 0.717) is 5.16 Å². The molecule has 0 amide bonds. The van der Waals surface area contributed by atoms with Crippen LogP contribution in [0.4, 0.5) is 5.95 Å². The molecule has 0 saturated heterocycles. The van der Waals surface area contributed by atoms with Crippen molar-refractivity contribution in [2.24, 2.45) is 0 Å². The van der Waals surface area contributed by atoms with Gasteiger partial charge in [0.1, 0.15) is 0 Å². The van der Waals surface area contributed by atoms with Gasteiger partial charge in [0.2, 0.25) is 5.95 Å².